The Balaban J connectivity index is 2.53. The lowest BCUT2D eigenvalue weighted by Gasteiger charge is -2.03. The van der Waals surface area contributed by atoms with Crippen molar-refractivity contribution in [2.24, 2.45) is 5.73 Å². The molecule has 0 radical (unpaired) electrons. The predicted molar refractivity (Wildman–Crippen MR) is 61.5 cm³/mol. The molecule has 0 aromatic heterocycles. The summed E-state index contributed by atoms with van der Waals surface area (Å²) < 4.78 is 24.7. The molecule has 1 amide bonds. The highest BCUT2D eigenvalue weighted by Crippen LogP contribution is 2.25. The van der Waals surface area contributed by atoms with Gasteiger partial charge in [-0.25, -0.2) is 13.1 Å². The first kappa shape index (κ1) is 10.8. The van der Waals surface area contributed by atoms with Crippen molar-refractivity contribution < 1.29 is 13.2 Å². The molecule has 1 heterocycles. The van der Waals surface area contributed by atoms with Crippen LogP contribution in [0.3, 0.4) is 0 Å². The molecule has 6 nitrogen and oxygen atoms in total. The fourth-order valence-corrected chi connectivity index (χ4v) is 2.66. The monoisotopic (exact) mass is 257 g/mol. The van der Waals surface area contributed by atoms with Crippen LogP contribution >= 0.6 is 12.2 Å². The molecule has 0 unspecified atom stereocenters. The first-order chi connectivity index (χ1) is 7.40. The third-order valence-electron chi connectivity index (χ3n) is 2.01. The number of nitrogens with two attached hydrogens (primary N) is 1. The first-order valence-electron chi connectivity index (χ1n) is 4.18. The van der Waals surface area contributed by atoms with Gasteiger partial charge in [0.2, 0.25) is 0 Å². The number of benzene rings is 1. The number of carbonyl (C=O) groups excluding carboxylic acids is 1. The lowest BCUT2D eigenvalue weighted by atomic mass is 10.2. The SMILES string of the molecule is NC(=S)Nc1ccc2c(c1)C(=O)NS2(=O)=O. The van der Waals surface area contributed by atoms with Gasteiger partial charge < -0.3 is 11.1 Å². The van der Waals surface area contributed by atoms with Crippen LogP contribution in [0.2, 0.25) is 0 Å². The molecule has 0 aliphatic carbocycles. The molecule has 0 bridgehead atoms. The number of carbonyl (C=O) groups is 1. The summed E-state index contributed by atoms with van der Waals surface area (Å²) in [7, 11) is -3.69. The van der Waals surface area contributed by atoms with Crippen LogP contribution < -0.4 is 15.8 Å². The van der Waals surface area contributed by atoms with Crippen LogP contribution in [0, 0.1) is 0 Å². The Labute approximate surface area is 96.9 Å². The Bertz CT molecular complexity index is 595. The topological polar surface area (TPSA) is 101 Å². The minimum atomic E-state index is -3.69. The van der Waals surface area contributed by atoms with Gasteiger partial charge in [-0.1, -0.05) is 0 Å². The standard InChI is InChI=1S/C8H7N3O3S2/c9-8(15)10-4-1-2-6-5(3-4)7(12)11-16(6,13)14/h1-3H,(H,11,12)(H3,9,10,15). The van der Waals surface area contributed by atoms with Gasteiger partial charge in [0.25, 0.3) is 15.9 Å². The van der Waals surface area contributed by atoms with E-state index in [4.69, 9.17) is 5.73 Å². The van der Waals surface area contributed by atoms with Crippen LogP contribution in [0.5, 0.6) is 0 Å². The molecule has 16 heavy (non-hydrogen) atoms. The molecule has 0 saturated carbocycles. The van der Waals surface area contributed by atoms with Gasteiger partial charge in [0.05, 0.1) is 5.56 Å². The van der Waals surface area contributed by atoms with E-state index < -0.39 is 15.9 Å². The van der Waals surface area contributed by atoms with Crippen LogP contribution in [0.15, 0.2) is 23.1 Å². The summed E-state index contributed by atoms with van der Waals surface area (Å²) in [6.45, 7) is 0. The van der Waals surface area contributed by atoms with Gasteiger partial charge in [0.15, 0.2) is 5.11 Å². The largest absolute Gasteiger partial charge is 0.376 e. The highest BCUT2D eigenvalue weighted by Gasteiger charge is 2.32. The summed E-state index contributed by atoms with van der Waals surface area (Å²) in [5.74, 6) is -0.651. The second kappa shape index (κ2) is 3.42. The van der Waals surface area contributed by atoms with E-state index in [1.165, 1.54) is 18.2 Å². The van der Waals surface area contributed by atoms with Crippen molar-refractivity contribution in [1.29, 1.82) is 0 Å². The number of thiocarbonyl (C=S) groups is 1. The number of fused-ring (bicyclic) bond motifs is 1. The zero-order valence-electron chi connectivity index (χ0n) is 7.85. The zero-order chi connectivity index (χ0) is 11.9. The highest BCUT2D eigenvalue weighted by atomic mass is 32.2. The number of nitrogens with one attached hydrogen (secondary N) is 2. The van der Waals surface area contributed by atoms with E-state index in [0.717, 1.165) is 0 Å². The lowest BCUT2D eigenvalue weighted by molar-refractivity contribution is 0.0985. The van der Waals surface area contributed by atoms with Crippen LogP contribution in [-0.4, -0.2) is 19.4 Å². The molecule has 4 N–H and O–H groups in total. The lowest BCUT2D eigenvalue weighted by Crippen LogP contribution is -2.20. The summed E-state index contributed by atoms with van der Waals surface area (Å²) in [6, 6.07) is 4.19. The molecule has 1 aromatic rings. The molecule has 1 aliphatic heterocycles. The van der Waals surface area contributed by atoms with E-state index >= 15 is 0 Å². The number of rotatable bonds is 1. The number of sulfonamides is 1. The number of hydrogen-bond acceptors (Lipinski definition) is 4. The quantitative estimate of drug-likeness (QED) is 0.601. The average molecular weight is 257 g/mol. The van der Waals surface area contributed by atoms with Crippen molar-refractivity contribution in [3.8, 4) is 0 Å². The minimum Gasteiger partial charge on any atom is -0.376 e. The Morgan fingerprint density at radius 1 is 1.44 bits per heavy atom. The van der Waals surface area contributed by atoms with E-state index in [9.17, 15) is 13.2 Å². The number of hydrogen-bond donors (Lipinski definition) is 3. The van der Waals surface area contributed by atoms with Crippen molar-refractivity contribution in [2.75, 3.05) is 5.32 Å². The predicted octanol–water partition coefficient (Wildman–Crippen LogP) is -0.226. The molecule has 8 heteroatoms. The molecule has 0 fully saturated rings. The first-order valence-corrected chi connectivity index (χ1v) is 6.07. The van der Waals surface area contributed by atoms with E-state index in [1.807, 2.05) is 4.72 Å². The highest BCUT2D eigenvalue weighted by molar-refractivity contribution is 7.90. The van der Waals surface area contributed by atoms with Gasteiger partial charge >= 0.3 is 0 Å². The van der Waals surface area contributed by atoms with Gasteiger partial charge in [-0.3, -0.25) is 4.79 Å². The van der Waals surface area contributed by atoms with E-state index in [2.05, 4.69) is 17.5 Å². The van der Waals surface area contributed by atoms with Crippen molar-refractivity contribution in [3.63, 3.8) is 0 Å². The van der Waals surface area contributed by atoms with Crippen molar-refractivity contribution in [1.82, 2.24) is 4.72 Å². The third kappa shape index (κ3) is 1.72. The second-order valence-corrected chi connectivity index (χ2v) is 5.23. The molecule has 1 aromatic carbocycles. The molecule has 2 rings (SSSR count). The molecule has 0 spiro atoms. The summed E-state index contributed by atoms with van der Waals surface area (Å²) in [5.41, 5.74) is 5.81. The third-order valence-corrected chi connectivity index (χ3v) is 3.50. The summed E-state index contributed by atoms with van der Waals surface area (Å²) in [6.07, 6.45) is 0. The van der Waals surface area contributed by atoms with Gasteiger partial charge in [-0.2, -0.15) is 0 Å². The maximum atomic E-state index is 11.4. The summed E-state index contributed by atoms with van der Waals surface area (Å²) in [5, 5.41) is 2.66. The van der Waals surface area contributed by atoms with Gasteiger partial charge in [-0.05, 0) is 30.4 Å². The van der Waals surface area contributed by atoms with E-state index in [1.54, 1.807) is 0 Å². The van der Waals surface area contributed by atoms with E-state index in [-0.39, 0.29) is 15.6 Å². The van der Waals surface area contributed by atoms with Crippen molar-refractivity contribution >= 4 is 38.9 Å². The molecular formula is C8H7N3O3S2. The maximum Gasteiger partial charge on any atom is 0.266 e. The second-order valence-electron chi connectivity index (χ2n) is 3.13. The zero-order valence-corrected chi connectivity index (χ0v) is 9.48. The fourth-order valence-electron chi connectivity index (χ4n) is 1.39. The van der Waals surface area contributed by atoms with Crippen LogP contribution in [-0.2, 0) is 10.0 Å². The van der Waals surface area contributed by atoms with Gasteiger partial charge in [0.1, 0.15) is 4.90 Å². The Morgan fingerprint density at radius 2 is 2.12 bits per heavy atom. The van der Waals surface area contributed by atoms with Crippen molar-refractivity contribution in [2.45, 2.75) is 4.90 Å². The molecule has 0 atom stereocenters. The minimum absolute atomic E-state index is 0.0361. The number of anilines is 1. The van der Waals surface area contributed by atoms with Crippen LogP contribution in [0.4, 0.5) is 5.69 Å². The Hall–Kier alpha value is -1.67. The van der Waals surface area contributed by atoms with Crippen LogP contribution in [0.25, 0.3) is 0 Å². The van der Waals surface area contributed by atoms with Gasteiger partial charge in [0, 0.05) is 5.69 Å². The van der Waals surface area contributed by atoms with Crippen LogP contribution in [0.1, 0.15) is 10.4 Å². The van der Waals surface area contributed by atoms with E-state index in [0.29, 0.717) is 5.69 Å². The Kier molecular flexibility index (Phi) is 2.32. The average Bonchev–Trinajstić information content (AvgIpc) is 2.36. The summed E-state index contributed by atoms with van der Waals surface area (Å²) >= 11 is 4.63. The van der Waals surface area contributed by atoms with Gasteiger partial charge in [-0.15, -0.1) is 0 Å². The smallest absolute Gasteiger partial charge is 0.266 e. The summed E-state index contributed by atoms with van der Waals surface area (Å²) in [4.78, 5) is 11.3. The van der Waals surface area contributed by atoms with Crippen molar-refractivity contribution in [3.05, 3.63) is 23.8 Å². The normalized spacial score (nSPS) is 16.4. The maximum absolute atomic E-state index is 11.4. The number of amides is 1. The molecule has 1 aliphatic rings. The molecule has 0 saturated heterocycles. The Morgan fingerprint density at radius 3 is 2.75 bits per heavy atom. The molecule has 84 valence electrons. The molecular weight excluding hydrogens is 250 g/mol. The fraction of sp³-hybridized carbons (Fsp3) is 0.